The SMILES string of the molecule is CC(=O)Nc1ccccc1OCC(=O)NC1CCCCCCC1. The van der Waals surface area contributed by atoms with Gasteiger partial charge in [0.05, 0.1) is 5.69 Å². The van der Waals surface area contributed by atoms with E-state index in [-0.39, 0.29) is 24.5 Å². The van der Waals surface area contributed by atoms with Gasteiger partial charge in [0.15, 0.2) is 6.61 Å². The molecular formula is C18H26N2O3. The van der Waals surface area contributed by atoms with Gasteiger partial charge in [-0.2, -0.15) is 0 Å². The summed E-state index contributed by atoms with van der Waals surface area (Å²) in [5, 5.41) is 5.76. The lowest BCUT2D eigenvalue weighted by atomic mass is 9.97. The molecule has 2 rings (SSSR count). The molecule has 0 heterocycles. The number of amides is 2. The summed E-state index contributed by atoms with van der Waals surface area (Å²) in [7, 11) is 0. The predicted octanol–water partition coefficient (Wildman–Crippen LogP) is 3.25. The first kappa shape index (κ1) is 17.3. The number of hydrogen-bond acceptors (Lipinski definition) is 3. The van der Waals surface area contributed by atoms with Crippen LogP contribution in [0.5, 0.6) is 5.75 Å². The normalized spacial score (nSPS) is 16.0. The van der Waals surface area contributed by atoms with Crippen molar-refractivity contribution in [2.24, 2.45) is 0 Å². The molecule has 0 radical (unpaired) electrons. The van der Waals surface area contributed by atoms with Crippen molar-refractivity contribution >= 4 is 17.5 Å². The largest absolute Gasteiger partial charge is 0.482 e. The maximum atomic E-state index is 12.1. The summed E-state index contributed by atoms with van der Waals surface area (Å²) < 4.78 is 5.57. The van der Waals surface area contributed by atoms with Gasteiger partial charge in [0.1, 0.15) is 5.75 Å². The molecule has 1 aliphatic rings. The Morgan fingerprint density at radius 2 is 1.74 bits per heavy atom. The Balaban J connectivity index is 1.83. The third-order valence-corrected chi connectivity index (χ3v) is 4.03. The fourth-order valence-corrected chi connectivity index (χ4v) is 2.90. The lowest BCUT2D eigenvalue weighted by Gasteiger charge is -2.21. The van der Waals surface area contributed by atoms with Gasteiger partial charge in [-0.3, -0.25) is 9.59 Å². The fraction of sp³-hybridized carbons (Fsp3) is 0.556. The molecule has 0 unspecified atom stereocenters. The highest BCUT2D eigenvalue weighted by atomic mass is 16.5. The van der Waals surface area contributed by atoms with Crippen LogP contribution in [-0.2, 0) is 9.59 Å². The van der Waals surface area contributed by atoms with E-state index in [0.29, 0.717) is 11.4 Å². The standard InChI is InChI=1S/C18H26N2O3/c1-14(21)19-16-11-7-8-12-17(16)23-13-18(22)20-15-9-5-3-2-4-6-10-15/h7-8,11-12,15H,2-6,9-10,13H2,1H3,(H,19,21)(H,20,22). The molecule has 1 aromatic carbocycles. The molecule has 126 valence electrons. The third kappa shape index (κ3) is 6.30. The van der Waals surface area contributed by atoms with Crippen LogP contribution in [-0.4, -0.2) is 24.5 Å². The van der Waals surface area contributed by atoms with Gasteiger partial charge >= 0.3 is 0 Å². The molecule has 1 saturated carbocycles. The number of nitrogens with one attached hydrogen (secondary N) is 2. The van der Waals surface area contributed by atoms with Gasteiger partial charge in [-0.1, -0.05) is 44.2 Å². The van der Waals surface area contributed by atoms with Crippen LogP contribution in [0.1, 0.15) is 51.9 Å². The Labute approximate surface area is 137 Å². The number of benzene rings is 1. The van der Waals surface area contributed by atoms with Crippen molar-refractivity contribution in [3.63, 3.8) is 0 Å². The second-order valence-electron chi connectivity index (χ2n) is 6.08. The lowest BCUT2D eigenvalue weighted by molar-refractivity contribution is -0.123. The van der Waals surface area contributed by atoms with Crippen molar-refractivity contribution in [2.75, 3.05) is 11.9 Å². The monoisotopic (exact) mass is 318 g/mol. The highest BCUT2D eigenvalue weighted by molar-refractivity contribution is 5.90. The van der Waals surface area contributed by atoms with Gasteiger partial charge in [0, 0.05) is 13.0 Å². The van der Waals surface area contributed by atoms with Crippen LogP contribution in [0.25, 0.3) is 0 Å². The molecule has 0 saturated heterocycles. The van der Waals surface area contributed by atoms with Crippen LogP contribution in [0, 0.1) is 0 Å². The minimum atomic E-state index is -0.167. The van der Waals surface area contributed by atoms with Crippen molar-refractivity contribution in [1.82, 2.24) is 5.32 Å². The minimum Gasteiger partial charge on any atom is -0.482 e. The summed E-state index contributed by atoms with van der Waals surface area (Å²) >= 11 is 0. The molecular weight excluding hydrogens is 292 g/mol. The van der Waals surface area contributed by atoms with Gasteiger partial charge in [0.25, 0.3) is 5.91 Å². The molecule has 0 atom stereocenters. The average molecular weight is 318 g/mol. The van der Waals surface area contributed by atoms with E-state index in [1.807, 2.05) is 12.1 Å². The Hall–Kier alpha value is -2.04. The smallest absolute Gasteiger partial charge is 0.258 e. The average Bonchev–Trinajstić information content (AvgIpc) is 2.48. The van der Waals surface area contributed by atoms with E-state index >= 15 is 0 Å². The quantitative estimate of drug-likeness (QED) is 0.875. The highest BCUT2D eigenvalue weighted by Crippen LogP contribution is 2.23. The van der Waals surface area contributed by atoms with Crippen molar-refractivity contribution in [2.45, 2.75) is 57.9 Å². The first-order valence-corrected chi connectivity index (χ1v) is 8.44. The lowest BCUT2D eigenvalue weighted by Crippen LogP contribution is -2.38. The van der Waals surface area contributed by atoms with Crippen LogP contribution < -0.4 is 15.4 Å². The fourth-order valence-electron chi connectivity index (χ4n) is 2.90. The second kappa shape index (κ2) is 9.18. The number of ether oxygens (including phenoxy) is 1. The van der Waals surface area contributed by atoms with E-state index in [2.05, 4.69) is 10.6 Å². The topological polar surface area (TPSA) is 67.4 Å². The van der Waals surface area contributed by atoms with E-state index in [0.717, 1.165) is 12.8 Å². The zero-order valence-electron chi connectivity index (χ0n) is 13.8. The molecule has 23 heavy (non-hydrogen) atoms. The van der Waals surface area contributed by atoms with E-state index in [1.54, 1.807) is 12.1 Å². The molecule has 0 aromatic heterocycles. The summed E-state index contributed by atoms with van der Waals surface area (Å²) in [5.74, 6) is 0.240. The van der Waals surface area contributed by atoms with Crippen molar-refractivity contribution in [1.29, 1.82) is 0 Å². The first-order valence-electron chi connectivity index (χ1n) is 8.44. The van der Waals surface area contributed by atoms with Gasteiger partial charge in [-0.15, -0.1) is 0 Å². The number of para-hydroxylation sites is 2. The van der Waals surface area contributed by atoms with Gasteiger partial charge in [0.2, 0.25) is 5.91 Å². The van der Waals surface area contributed by atoms with Crippen molar-refractivity contribution < 1.29 is 14.3 Å². The summed E-state index contributed by atoms with van der Waals surface area (Å²) in [5.41, 5.74) is 0.582. The van der Waals surface area contributed by atoms with E-state index in [1.165, 1.54) is 39.0 Å². The van der Waals surface area contributed by atoms with Crippen LogP contribution >= 0.6 is 0 Å². The number of rotatable bonds is 5. The van der Waals surface area contributed by atoms with E-state index in [4.69, 9.17) is 4.74 Å². The van der Waals surface area contributed by atoms with Gasteiger partial charge < -0.3 is 15.4 Å². The Morgan fingerprint density at radius 3 is 2.43 bits per heavy atom. The number of carbonyl (C=O) groups excluding carboxylic acids is 2. The minimum absolute atomic E-state index is 0.0346. The Kier molecular flexibility index (Phi) is 6.91. The predicted molar refractivity (Wildman–Crippen MR) is 90.5 cm³/mol. The zero-order chi connectivity index (χ0) is 16.5. The summed E-state index contributed by atoms with van der Waals surface area (Å²) in [6, 6.07) is 7.38. The Bertz CT molecular complexity index is 523. The van der Waals surface area contributed by atoms with E-state index < -0.39 is 0 Å². The highest BCUT2D eigenvalue weighted by Gasteiger charge is 2.15. The molecule has 0 bridgehead atoms. The first-order chi connectivity index (χ1) is 11.1. The number of anilines is 1. The second-order valence-corrected chi connectivity index (χ2v) is 6.08. The molecule has 0 spiro atoms. The number of carbonyl (C=O) groups is 2. The van der Waals surface area contributed by atoms with Crippen LogP contribution in [0.15, 0.2) is 24.3 Å². The van der Waals surface area contributed by atoms with Crippen LogP contribution in [0.3, 0.4) is 0 Å². The van der Waals surface area contributed by atoms with Crippen LogP contribution in [0.2, 0.25) is 0 Å². The molecule has 2 amide bonds. The van der Waals surface area contributed by atoms with Crippen LogP contribution in [0.4, 0.5) is 5.69 Å². The van der Waals surface area contributed by atoms with Crippen molar-refractivity contribution in [3.05, 3.63) is 24.3 Å². The summed E-state index contributed by atoms with van der Waals surface area (Å²) in [4.78, 5) is 23.3. The molecule has 5 nitrogen and oxygen atoms in total. The molecule has 1 aromatic rings. The maximum absolute atomic E-state index is 12.1. The zero-order valence-corrected chi connectivity index (χ0v) is 13.8. The van der Waals surface area contributed by atoms with Crippen molar-refractivity contribution in [3.8, 4) is 5.75 Å². The molecule has 5 heteroatoms. The molecule has 1 aliphatic carbocycles. The molecule has 1 fully saturated rings. The maximum Gasteiger partial charge on any atom is 0.258 e. The number of hydrogen-bond donors (Lipinski definition) is 2. The molecule has 0 aliphatic heterocycles. The summed E-state index contributed by atoms with van der Waals surface area (Å²) in [6.45, 7) is 1.41. The Morgan fingerprint density at radius 1 is 1.09 bits per heavy atom. The molecule has 2 N–H and O–H groups in total. The van der Waals surface area contributed by atoms with Gasteiger partial charge in [-0.05, 0) is 25.0 Å². The summed E-state index contributed by atoms with van der Waals surface area (Å²) in [6.07, 6.45) is 8.28. The van der Waals surface area contributed by atoms with Gasteiger partial charge in [-0.25, -0.2) is 0 Å². The third-order valence-electron chi connectivity index (χ3n) is 4.03. The van der Waals surface area contributed by atoms with E-state index in [9.17, 15) is 9.59 Å².